The molecule has 0 spiro atoms. The standard InChI is InChI=1S/C19H21N7O3S/c1-2-29-18(28)11-6-8-12(9-7-11)21-15(27)10-30-19-25-24-17(26(19)20)16-13-4-3-5-14(13)22-23-16/h6-9H,2-5,10,20H2,1H3,(H,21,27)(H,22,23). The van der Waals surface area contributed by atoms with Gasteiger partial charge in [-0.2, -0.15) is 5.10 Å². The number of rotatable bonds is 7. The number of carbonyl (C=O) groups excluding carboxylic acids is 2. The summed E-state index contributed by atoms with van der Waals surface area (Å²) in [6.07, 6.45) is 3.00. The van der Waals surface area contributed by atoms with Crippen LogP contribution < -0.4 is 11.2 Å². The van der Waals surface area contributed by atoms with E-state index in [0.717, 1.165) is 36.2 Å². The normalized spacial score (nSPS) is 12.6. The number of aryl methyl sites for hydroxylation is 1. The number of nitrogen functional groups attached to an aromatic ring is 1. The lowest BCUT2D eigenvalue weighted by molar-refractivity contribution is -0.113. The van der Waals surface area contributed by atoms with Gasteiger partial charge in [0.1, 0.15) is 5.69 Å². The minimum absolute atomic E-state index is 0.105. The molecule has 10 nitrogen and oxygen atoms in total. The van der Waals surface area contributed by atoms with Gasteiger partial charge in [-0.15, -0.1) is 10.2 Å². The number of hydrogen-bond donors (Lipinski definition) is 3. The van der Waals surface area contributed by atoms with Crippen LogP contribution in [0.25, 0.3) is 11.5 Å². The molecule has 1 aliphatic carbocycles. The van der Waals surface area contributed by atoms with Gasteiger partial charge >= 0.3 is 5.97 Å². The summed E-state index contributed by atoms with van der Waals surface area (Å²) in [7, 11) is 0. The Kier molecular flexibility index (Phi) is 5.70. The summed E-state index contributed by atoms with van der Waals surface area (Å²) in [5.74, 6) is 6.10. The van der Waals surface area contributed by atoms with E-state index < -0.39 is 5.97 Å². The largest absolute Gasteiger partial charge is 0.462 e. The van der Waals surface area contributed by atoms with Crippen LogP contribution in [0.5, 0.6) is 0 Å². The molecule has 0 atom stereocenters. The number of amides is 1. The van der Waals surface area contributed by atoms with Crippen molar-refractivity contribution in [3.8, 4) is 11.5 Å². The van der Waals surface area contributed by atoms with Gasteiger partial charge in [-0.25, -0.2) is 9.47 Å². The fraction of sp³-hybridized carbons (Fsp3) is 0.316. The van der Waals surface area contributed by atoms with E-state index in [0.29, 0.717) is 28.8 Å². The molecular weight excluding hydrogens is 406 g/mol. The third-order valence-electron chi connectivity index (χ3n) is 4.69. The lowest BCUT2D eigenvalue weighted by Crippen LogP contribution is -2.16. The average Bonchev–Trinajstić information content (AvgIpc) is 3.44. The summed E-state index contributed by atoms with van der Waals surface area (Å²) in [4.78, 5) is 23.9. The molecule has 0 unspecified atom stereocenters. The smallest absolute Gasteiger partial charge is 0.338 e. The number of nitrogens with zero attached hydrogens (tertiary/aromatic N) is 4. The highest BCUT2D eigenvalue weighted by molar-refractivity contribution is 7.99. The van der Waals surface area contributed by atoms with Gasteiger partial charge in [-0.05, 0) is 50.5 Å². The second-order valence-electron chi connectivity index (χ2n) is 6.69. The van der Waals surface area contributed by atoms with Crippen molar-refractivity contribution in [2.45, 2.75) is 31.3 Å². The quantitative estimate of drug-likeness (QED) is 0.294. The molecule has 30 heavy (non-hydrogen) atoms. The minimum atomic E-state index is -0.397. The first-order valence-corrected chi connectivity index (χ1v) is 10.5. The summed E-state index contributed by atoms with van der Waals surface area (Å²) >= 11 is 1.18. The first-order valence-electron chi connectivity index (χ1n) is 9.53. The SMILES string of the molecule is CCOC(=O)c1ccc(NC(=O)CSc2nnc(-c3n[nH]c4c3CCC4)n2N)cc1. The zero-order chi connectivity index (χ0) is 21.1. The highest BCUT2D eigenvalue weighted by atomic mass is 32.2. The average molecular weight is 427 g/mol. The number of aromatic amines is 1. The second-order valence-corrected chi connectivity index (χ2v) is 7.64. The Bertz CT molecular complexity index is 1070. The molecule has 4 N–H and O–H groups in total. The lowest BCUT2D eigenvalue weighted by atomic mass is 10.2. The molecule has 1 amide bonds. The molecule has 0 aliphatic heterocycles. The Morgan fingerprint density at radius 3 is 2.83 bits per heavy atom. The summed E-state index contributed by atoms with van der Waals surface area (Å²) < 4.78 is 6.30. The molecule has 0 saturated carbocycles. The van der Waals surface area contributed by atoms with Crippen molar-refractivity contribution in [2.75, 3.05) is 23.5 Å². The number of anilines is 1. The minimum Gasteiger partial charge on any atom is -0.462 e. The van der Waals surface area contributed by atoms with Crippen molar-refractivity contribution in [3.63, 3.8) is 0 Å². The summed E-state index contributed by atoms with van der Waals surface area (Å²) in [5.41, 5.74) is 3.98. The molecule has 0 saturated heterocycles. The third kappa shape index (κ3) is 4.01. The Morgan fingerprint density at radius 1 is 1.27 bits per heavy atom. The molecule has 156 valence electrons. The van der Waals surface area contributed by atoms with Crippen LogP contribution in [0.1, 0.15) is 35.0 Å². The molecule has 2 aromatic heterocycles. The van der Waals surface area contributed by atoms with Crippen molar-refractivity contribution in [3.05, 3.63) is 41.1 Å². The fourth-order valence-corrected chi connectivity index (χ4v) is 3.93. The molecule has 0 radical (unpaired) electrons. The van der Waals surface area contributed by atoms with E-state index in [1.54, 1.807) is 31.2 Å². The van der Waals surface area contributed by atoms with Crippen LogP contribution in [0.4, 0.5) is 5.69 Å². The monoisotopic (exact) mass is 427 g/mol. The van der Waals surface area contributed by atoms with Crippen molar-refractivity contribution >= 4 is 29.3 Å². The number of esters is 1. The van der Waals surface area contributed by atoms with E-state index in [1.165, 1.54) is 16.4 Å². The molecule has 0 bridgehead atoms. The number of H-pyrrole nitrogens is 1. The lowest BCUT2D eigenvalue weighted by Gasteiger charge is -2.06. The van der Waals surface area contributed by atoms with E-state index in [1.807, 2.05) is 0 Å². The molecule has 0 fully saturated rings. The van der Waals surface area contributed by atoms with E-state index in [4.69, 9.17) is 10.6 Å². The van der Waals surface area contributed by atoms with Crippen molar-refractivity contribution < 1.29 is 14.3 Å². The van der Waals surface area contributed by atoms with Gasteiger partial charge in [0, 0.05) is 16.9 Å². The fourth-order valence-electron chi connectivity index (χ4n) is 3.27. The molecular formula is C19H21N7O3S. The summed E-state index contributed by atoms with van der Waals surface area (Å²) in [6.45, 7) is 2.06. The molecule has 1 aromatic carbocycles. The maximum atomic E-state index is 12.3. The Labute approximate surface area is 176 Å². The number of hydrogen-bond acceptors (Lipinski definition) is 8. The van der Waals surface area contributed by atoms with Crippen LogP contribution in [0, 0.1) is 0 Å². The van der Waals surface area contributed by atoms with Gasteiger partial charge < -0.3 is 15.9 Å². The highest BCUT2D eigenvalue weighted by Crippen LogP contribution is 2.30. The van der Waals surface area contributed by atoms with Crippen LogP contribution in [-0.4, -0.2) is 49.3 Å². The van der Waals surface area contributed by atoms with Crippen LogP contribution in [0.15, 0.2) is 29.4 Å². The van der Waals surface area contributed by atoms with Crippen LogP contribution >= 0.6 is 11.8 Å². The predicted octanol–water partition coefficient (Wildman–Crippen LogP) is 1.78. The van der Waals surface area contributed by atoms with E-state index in [-0.39, 0.29) is 11.7 Å². The van der Waals surface area contributed by atoms with Crippen LogP contribution in [0.2, 0.25) is 0 Å². The van der Waals surface area contributed by atoms with Gasteiger partial charge in [-0.3, -0.25) is 9.89 Å². The maximum absolute atomic E-state index is 12.3. The maximum Gasteiger partial charge on any atom is 0.338 e. The summed E-state index contributed by atoms with van der Waals surface area (Å²) in [5, 5.41) is 18.8. The number of nitrogens with one attached hydrogen (secondary N) is 2. The van der Waals surface area contributed by atoms with Crippen molar-refractivity contribution in [1.29, 1.82) is 0 Å². The number of ether oxygens (including phenoxy) is 1. The number of fused-ring (bicyclic) bond motifs is 1. The van der Waals surface area contributed by atoms with Gasteiger partial charge in [0.25, 0.3) is 0 Å². The first kappa shape index (κ1) is 20.0. The molecule has 1 aliphatic rings. The number of aromatic nitrogens is 5. The molecule has 3 aromatic rings. The van der Waals surface area contributed by atoms with Gasteiger partial charge in [-0.1, -0.05) is 11.8 Å². The van der Waals surface area contributed by atoms with E-state index >= 15 is 0 Å². The van der Waals surface area contributed by atoms with Gasteiger partial charge in [0.2, 0.25) is 16.9 Å². The van der Waals surface area contributed by atoms with Gasteiger partial charge in [0.05, 0.1) is 17.9 Å². The second kappa shape index (κ2) is 8.57. The zero-order valence-electron chi connectivity index (χ0n) is 16.3. The third-order valence-corrected chi connectivity index (χ3v) is 5.64. The molecule has 4 rings (SSSR count). The van der Waals surface area contributed by atoms with E-state index in [9.17, 15) is 9.59 Å². The van der Waals surface area contributed by atoms with Crippen molar-refractivity contribution in [2.24, 2.45) is 0 Å². The molecule has 11 heteroatoms. The summed E-state index contributed by atoms with van der Waals surface area (Å²) in [6, 6.07) is 6.50. The van der Waals surface area contributed by atoms with Crippen LogP contribution in [-0.2, 0) is 22.4 Å². The number of carbonyl (C=O) groups is 2. The first-order chi connectivity index (χ1) is 14.6. The van der Waals surface area contributed by atoms with Gasteiger partial charge in [0.15, 0.2) is 0 Å². The predicted molar refractivity (Wildman–Crippen MR) is 112 cm³/mol. The number of benzene rings is 1. The Morgan fingerprint density at radius 2 is 2.07 bits per heavy atom. The topological polar surface area (TPSA) is 141 Å². The molecule has 2 heterocycles. The highest BCUT2D eigenvalue weighted by Gasteiger charge is 2.24. The Balaban J connectivity index is 1.35. The zero-order valence-corrected chi connectivity index (χ0v) is 17.2. The number of nitrogens with two attached hydrogens (primary N) is 1. The Hall–Kier alpha value is -3.34. The van der Waals surface area contributed by atoms with E-state index in [2.05, 4.69) is 25.7 Å². The van der Waals surface area contributed by atoms with Crippen molar-refractivity contribution in [1.82, 2.24) is 25.1 Å². The van der Waals surface area contributed by atoms with Crippen LogP contribution in [0.3, 0.4) is 0 Å². The number of thioether (sulfide) groups is 1.